The first kappa shape index (κ1) is 7.87. The fraction of sp³-hybridized carbons (Fsp3) is 0.750. The van der Waals surface area contributed by atoms with Gasteiger partial charge in [-0.1, -0.05) is 6.92 Å². The lowest BCUT2D eigenvalue weighted by Gasteiger charge is -1.97. The summed E-state index contributed by atoms with van der Waals surface area (Å²) in [7, 11) is 0. The summed E-state index contributed by atoms with van der Waals surface area (Å²) in [6, 6.07) is -1.44. The van der Waals surface area contributed by atoms with Gasteiger partial charge in [0.1, 0.15) is 0 Å². The number of hydrogen-bond acceptors (Lipinski definition) is 3. The average Bonchev–Trinajstić information content (AvgIpc) is 1.64. The molecule has 5 nitrogen and oxygen atoms in total. The standard InChI is InChI=1S/C4H7NO4/c1-2-3(4(6)7)5(8)9/h3H,2H2,1H3,(H,6,7)/t3-/m0/s1. The molecule has 0 unspecified atom stereocenters. The first-order valence-corrected chi connectivity index (χ1v) is 2.46. The molecule has 0 bridgehead atoms. The summed E-state index contributed by atoms with van der Waals surface area (Å²) in [4.78, 5) is 18.9. The molecule has 0 saturated carbocycles. The number of aliphatic carboxylic acids is 1. The molecular formula is C4H7NO4. The van der Waals surface area contributed by atoms with Crippen molar-refractivity contribution < 1.29 is 14.8 Å². The van der Waals surface area contributed by atoms with Crippen LogP contribution < -0.4 is 0 Å². The Balaban J connectivity index is 3.99. The molecule has 0 aliphatic rings. The average molecular weight is 133 g/mol. The molecular weight excluding hydrogens is 126 g/mol. The highest BCUT2D eigenvalue weighted by molar-refractivity contribution is 5.71. The van der Waals surface area contributed by atoms with Gasteiger partial charge < -0.3 is 5.11 Å². The van der Waals surface area contributed by atoms with E-state index in [1.807, 2.05) is 0 Å². The van der Waals surface area contributed by atoms with Crippen molar-refractivity contribution in [1.29, 1.82) is 0 Å². The Morgan fingerprint density at radius 3 is 2.33 bits per heavy atom. The van der Waals surface area contributed by atoms with E-state index in [1.54, 1.807) is 0 Å². The molecule has 0 aromatic rings. The van der Waals surface area contributed by atoms with Crippen LogP contribution in [-0.2, 0) is 4.79 Å². The Morgan fingerprint density at radius 2 is 2.33 bits per heavy atom. The van der Waals surface area contributed by atoms with Crippen LogP contribution in [0.1, 0.15) is 13.3 Å². The quantitative estimate of drug-likeness (QED) is 0.438. The second-order valence-electron chi connectivity index (χ2n) is 1.55. The van der Waals surface area contributed by atoms with Gasteiger partial charge in [-0.3, -0.25) is 10.1 Å². The van der Waals surface area contributed by atoms with E-state index in [4.69, 9.17) is 5.11 Å². The van der Waals surface area contributed by atoms with Gasteiger partial charge in [-0.2, -0.15) is 0 Å². The lowest BCUT2D eigenvalue weighted by Crippen LogP contribution is -2.27. The monoisotopic (exact) mass is 133 g/mol. The van der Waals surface area contributed by atoms with Gasteiger partial charge in [-0.15, -0.1) is 0 Å². The molecule has 0 aromatic heterocycles. The highest BCUT2D eigenvalue weighted by Gasteiger charge is 2.25. The second kappa shape index (κ2) is 3.01. The lowest BCUT2D eigenvalue weighted by atomic mass is 10.2. The molecule has 5 heteroatoms. The second-order valence-corrected chi connectivity index (χ2v) is 1.55. The zero-order chi connectivity index (χ0) is 7.44. The summed E-state index contributed by atoms with van der Waals surface area (Å²) in [5, 5.41) is 17.9. The van der Waals surface area contributed by atoms with Crippen LogP contribution in [0.3, 0.4) is 0 Å². The Kier molecular flexibility index (Phi) is 2.63. The van der Waals surface area contributed by atoms with Gasteiger partial charge >= 0.3 is 12.0 Å². The summed E-state index contributed by atoms with van der Waals surface area (Å²) in [5.74, 6) is -1.37. The van der Waals surface area contributed by atoms with Crippen LogP contribution >= 0.6 is 0 Å². The van der Waals surface area contributed by atoms with E-state index >= 15 is 0 Å². The molecule has 0 saturated heterocycles. The van der Waals surface area contributed by atoms with Gasteiger partial charge in [0.2, 0.25) is 0 Å². The molecule has 0 aromatic carbocycles. The van der Waals surface area contributed by atoms with E-state index in [1.165, 1.54) is 6.92 Å². The summed E-state index contributed by atoms with van der Waals surface area (Å²) in [6.45, 7) is 1.46. The minimum absolute atomic E-state index is 0.0301. The molecule has 9 heavy (non-hydrogen) atoms. The molecule has 0 spiro atoms. The largest absolute Gasteiger partial charge is 0.476 e. The molecule has 0 heterocycles. The van der Waals surface area contributed by atoms with Gasteiger partial charge in [0.15, 0.2) is 0 Å². The molecule has 0 aliphatic heterocycles. The van der Waals surface area contributed by atoms with E-state index in [2.05, 4.69) is 0 Å². The highest BCUT2D eigenvalue weighted by atomic mass is 16.6. The third-order valence-corrected chi connectivity index (χ3v) is 0.926. The normalized spacial score (nSPS) is 12.6. The summed E-state index contributed by atoms with van der Waals surface area (Å²) in [6.07, 6.45) is 0.0301. The minimum atomic E-state index is -1.44. The number of hydrogen-bond donors (Lipinski definition) is 1. The van der Waals surface area contributed by atoms with Crippen LogP contribution in [-0.4, -0.2) is 22.0 Å². The Hall–Kier alpha value is -1.13. The van der Waals surface area contributed by atoms with Gasteiger partial charge in [-0.25, -0.2) is 4.79 Å². The van der Waals surface area contributed by atoms with Crippen molar-refractivity contribution >= 4 is 5.97 Å². The molecule has 0 aliphatic carbocycles. The van der Waals surface area contributed by atoms with Gasteiger partial charge in [0.25, 0.3) is 0 Å². The zero-order valence-electron chi connectivity index (χ0n) is 4.90. The molecule has 52 valence electrons. The number of carbonyl (C=O) groups is 1. The number of carboxylic acid groups (broad SMARTS) is 1. The fourth-order valence-electron chi connectivity index (χ4n) is 0.414. The molecule has 0 amide bonds. The predicted molar refractivity (Wildman–Crippen MR) is 28.7 cm³/mol. The van der Waals surface area contributed by atoms with Crippen molar-refractivity contribution in [2.75, 3.05) is 0 Å². The van der Waals surface area contributed by atoms with Gasteiger partial charge in [-0.05, 0) is 0 Å². The third kappa shape index (κ3) is 2.07. The van der Waals surface area contributed by atoms with Crippen molar-refractivity contribution in [2.45, 2.75) is 19.4 Å². The SMILES string of the molecule is CC[C@@H](C(=O)O)[N+](=O)[O-]. The van der Waals surface area contributed by atoms with E-state index in [0.29, 0.717) is 0 Å². The molecule has 0 fully saturated rings. The first-order chi connectivity index (χ1) is 4.09. The smallest absolute Gasteiger partial charge is 0.379 e. The zero-order valence-corrected chi connectivity index (χ0v) is 4.90. The van der Waals surface area contributed by atoms with Crippen molar-refractivity contribution in [3.05, 3.63) is 10.1 Å². The van der Waals surface area contributed by atoms with Crippen LogP contribution in [0.4, 0.5) is 0 Å². The van der Waals surface area contributed by atoms with Crippen molar-refractivity contribution in [3.8, 4) is 0 Å². The number of nitro groups is 1. The maximum absolute atomic E-state index is 9.93. The molecule has 0 rings (SSSR count). The number of carboxylic acids is 1. The topological polar surface area (TPSA) is 80.4 Å². The fourth-order valence-corrected chi connectivity index (χ4v) is 0.414. The summed E-state index contributed by atoms with van der Waals surface area (Å²) < 4.78 is 0. The van der Waals surface area contributed by atoms with Gasteiger partial charge in [0, 0.05) is 11.3 Å². The van der Waals surface area contributed by atoms with E-state index in [9.17, 15) is 14.9 Å². The van der Waals surface area contributed by atoms with E-state index in [0.717, 1.165) is 0 Å². The maximum atomic E-state index is 9.93. The van der Waals surface area contributed by atoms with Crippen LogP contribution in [0, 0.1) is 10.1 Å². The van der Waals surface area contributed by atoms with Crippen LogP contribution in [0.2, 0.25) is 0 Å². The summed E-state index contributed by atoms with van der Waals surface area (Å²) >= 11 is 0. The Labute approximate surface area is 51.4 Å². The van der Waals surface area contributed by atoms with Crippen LogP contribution in [0.25, 0.3) is 0 Å². The van der Waals surface area contributed by atoms with Crippen LogP contribution in [0.15, 0.2) is 0 Å². The first-order valence-electron chi connectivity index (χ1n) is 2.46. The summed E-state index contributed by atoms with van der Waals surface area (Å²) in [5.41, 5.74) is 0. The molecule has 1 N–H and O–H groups in total. The third-order valence-electron chi connectivity index (χ3n) is 0.926. The highest BCUT2D eigenvalue weighted by Crippen LogP contribution is 1.94. The predicted octanol–water partition coefficient (Wildman–Crippen LogP) is 0.126. The maximum Gasteiger partial charge on any atom is 0.379 e. The number of rotatable bonds is 3. The minimum Gasteiger partial charge on any atom is -0.476 e. The molecule has 1 atom stereocenters. The van der Waals surface area contributed by atoms with Crippen LogP contribution in [0.5, 0.6) is 0 Å². The molecule has 0 radical (unpaired) electrons. The Bertz CT molecular complexity index is 119. The van der Waals surface area contributed by atoms with E-state index in [-0.39, 0.29) is 6.42 Å². The van der Waals surface area contributed by atoms with Gasteiger partial charge in [0.05, 0.1) is 0 Å². The number of nitrogens with zero attached hydrogens (tertiary/aromatic N) is 1. The lowest BCUT2D eigenvalue weighted by molar-refractivity contribution is -0.510. The van der Waals surface area contributed by atoms with E-state index < -0.39 is 16.9 Å². The van der Waals surface area contributed by atoms with Crippen molar-refractivity contribution in [2.24, 2.45) is 0 Å². The Morgan fingerprint density at radius 1 is 1.89 bits per heavy atom. The van der Waals surface area contributed by atoms with Crippen molar-refractivity contribution in [3.63, 3.8) is 0 Å². The van der Waals surface area contributed by atoms with Crippen molar-refractivity contribution in [1.82, 2.24) is 0 Å².